The van der Waals surface area contributed by atoms with Crippen LogP contribution in [0.25, 0.3) is 10.9 Å². The number of fused-ring (bicyclic) bond motifs is 1. The molecule has 0 aliphatic carbocycles. The Labute approximate surface area is 157 Å². The molecule has 0 saturated carbocycles. The summed E-state index contributed by atoms with van der Waals surface area (Å²) < 4.78 is 1.99. The maximum atomic E-state index is 13.2. The number of piperidine rings is 1. The number of carbonyl (C=O) groups is 2. The van der Waals surface area contributed by atoms with Crippen LogP contribution in [0.3, 0.4) is 0 Å². The molecule has 1 aromatic heterocycles. The molecule has 1 aliphatic rings. The molecule has 0 radical (unpaired) electrons. The van der Waals surface area contributed by atoms with Gasteiger partial charge in [-0.15, -0.1) is 0 Å². The van der Waals surface area contributed by atoms with E-state index < -0.39 is 5.97 Å². The Morgan fingerprint density at radius 3 is 2.74 bits per heavy atom. The van der Waals surface area contributed by atoms with Gasteiger partial charge in [0.2, 0.25) is 0 Å². The summed E-state index contributed by atoms with van der Waals surface area (Å²) in [5.74, 6) is -0.709. The fourth-order valence-corrected chi connectivity index (χ4v) is 4.04. The van der Waals surface area contributed by atoms with Crippen molar-refractivity contribution in [2.24, 2.45) is 7.05 Å². The molecule has 1 atom stereocenters. The second-order valence-electron chi connectivity index (χ2n) is 7.19. The number of aromatic carboxylic acids is 1. The number of carbonyl (C=O) groups excluding carboxylic acids is 1. The van der Waals surface area contributed by atoms with Crippen LogP contribution in [0.15, 0.2) is 54.7 Å². The number of benzene rings is 2. The SMILES string of the molecule is Cn1cc(C(=O)N2CCCC(c3cccc(C(=O)O)c3)C2)c2ccccc21. The summed E-state index contributed by atoms with van der Waals surface area (Å²) in [6, 6.07) is 15.0. The predicted molar refractivity (Wildman–Crippen MR) is 104 cm³/mol. The number of amides is 1. The summed E-state index contributed by atoms with van der Waals surface area (Å²) in [6.45, 7) is 1.35. The van der Waals surface area contributed by atoms with E-state index in [1.807, 2.05) is 53.0 Å². The van der Waals surface area contributed by atoms with Gasteiger partial charge in [0.15, 0.2) is 0 Å². The van der Waals surface area contributed by atoms with Gasteiger partial charge in [-0.2, -0.15) is 0 Å². The Hall–Kier alpha value is -3.08. The van der Waals surface area contributed by atoms with Crippen molar-refractivity contribution in [3.05, 3.63) is 71.4 Å². The summed E-state index contributed by atoms with van der Waals surface area (Å²) in [6.07, 6.45) is 3.78. The van der Waals surface area contributed by atoms with Crippen molar-refractivity contribution < 1.29 is 14.7 Å². The van der Waals surface area contributed by atoms with E-state index in [0.29, 0.717) is 12.1 Å². The van der Waals surface area contributed by atoms with Crippen molar-refractivity contribution in [3.8, 4) is 0 Å². The lowest BCUT2D eigenvalue weighted by Crippen LogP contribution is -2.39. The predicted octanol–water partition coefficient (Wildman–Crippen LogP) is 3.90. The molecule has 3 aromatic rings. The monoisotopic (exact) mass is 362 g/mol. The fourth-order valence-electron chi connectivity index (χ4n) is 4.04. The zero-order chi connectivity index (χ0) is 19.0. The first-order chi connectivity index (χ1) is 13.0. The molecule has 0 spiro atoms. The maximum Gasteiger partial charge on any atom is 0.335 e. The quantitative estimate of drug-likeness (QED) is 0.769. The average molecular weight is 362 g/mol. The molecule has 138 valence electrons. The number of carboxylic acid groups (broad SMARTS) is 1. The molecule has 4 rings (SSSR count). The lowest BCUT2D eigenvalue weighted by atomic mass is 9.89. The molecule has 1 amide bonds. The molecule has 2 heterocycles. The highest BCUT2D eigenvalue weighted by molar-refractivity contribution is 6.07. The van der Waals surface area contributed by atoms with Crippen molar-refractivity contribution in [1.82, 2.24) is 9.47 Å². The molecule has 5 heteroatoms. The van der Waals surface area contributed by atoms with Gasteiger partial charge < -0.3 is 14.6 Å². The Kier molecular flexibility index (Phi) is 4.44. The van der Waals surface area contributed by atoms with Gasteiger partial charge in [0.05, 0.1) is 11.1 Å². The van der Waals surface area contributed by atoms with Gasteiger partial charge >= 0.3 is 5.97 Å². The topological polar surface area (TPSA) is 62.5 Å². The third-order valence-corrected chi connectivity index (χ3v) is 5.44. The van der Waals surface area contributed by atoms with Crippen molar-refractivity contribution >= 4 is 22.8 Å². The first-order valence-electron chi connectivity index (χ1n) is 9.21. The molecule has 1 unspecified atom stereocenters. The van der Waals surface area contributed by atoms with Gasteiger partial charge in [-0.25, -0.2) is 4.79 Å². The van der Waals surface area contributed by atoms with Gasteiger partial charge in [-0.1, -0.05) is 30.3 Å². The Bertz CT molecular complexity index is 1020. The van der Waals surface area contributed by atoms with Crippen LogP contribution in [-0.4, -0.2) is 39.5 Å². The minimum atomic E-state index is -0.920. The number of aryl methyl sites for hydroxylation is 1. The summed E-state index contributed by atoms with van der Waals surface area (Å²) in [7, 11) is 1.95. The third-order valence-electron chi connectivity index (χ3n) is 5.44. The first-order valence-corrected chi connectivity index (χ1v) is 9.21. The molecule has 1 saturated heterocycles. The minimum Gasteiger partial charge on any atom is -0.478 e. The van der Waals surface area contributed by atoms with E-state index in [4.69, 9.17) is 0 Å². The van der Waals surface area contributed by atoms with Crippen LogP contribution in [0.1, 0.15) is 45.0 Å². The summed E-state index contributed by atoms with van der Waals surface area (Å²) in [4.78, 5) is 26.4. The van der Waals surface area contributed by atoms with Gasteiger partial charge in [-0.05, 0) is 36.6 Å². The standard InChI is InChI=1S/C22H22N2O3/c1-23-14-19(18-9-2-3-10-20(18)23)21(25)24-11-5-8-17(13-24)15-6-4-7-16(12-15)22(26)27/h2-4,6-7,9-10,12,14,17H,5,8,11,13H2,1H3,(H,26,27). The number of carboxylic acids is 1. The number of likely N-dealkylation sites (tertiary alicyclic amines) is 1. The van der Waals surface area contributed by atoms with Crippen molar-refractivity contribution in [3.63, 3.8) is 0 Å². The second-order valence-corrected chi connectivity index (χ2v) is 7.19. The highest BCUT2D eigenvalue weighted by Crippen LogP contribution is 2.30. The third kappa shape index (κ3) is 3.21. The smallest absolute Gasteiger partial charge is 0.335 e. The van der Waals surface area contributed by atoms with Crippen LogP contribution in [0.2, 0.25) is 0 Å². The number of rotatable bonds is 3. The van der Waals surface area contributed by atoms with Crippen LogP contribution < -0.4 is 0 Å². The molecule has 27 heavy (non-hydrogen) atoms. The van der Waals surface area contributed by atoms with E-state index in [-0.39, 0.29) is 11.8 Å². The van der Waals surface area contributed by atoms with Crippen LogP contribution >= 0.6 is 0 Å². The van der Waals surface area contributed by atoms with Gasteiger partial charge in [0.1, 0.15) is 0 Å². The Morgan fingerprint density at radius 2 is 1.93 bits per heavy atom. The van der Waals surface area contributed by atoms with Gasteiger partial charge in [0, 0.05) is 43.2 Å². The number of hydrogen-bond acceptors (Lipinski definition) is 2. The number of nitrogens with zero attached hydrogens (tertiary/aromatic N) is 2. The van der Waals surface area contributed by atoms with Gasteiger partial charge in [-0.3, -0.25) is 4.79 Å². The molecule has 0 bridgehead atoms. The average Bonchev–Trinajstić information content (AvgIpc) is 3.04. The maximum absolute atomic E-state index is 13.2. The number of para-hydroxylation sites is 1. The molecule has 1 N–H and O–H groups in total. The lowest BCUT2D eigenvalue weighted by Gasteiger charge is -2.33. The molecule has 2 aromatic carbocycles. The largest absolute Gasteiger partial charge is 0.478 e. The van der Waals surface area contributed by atoms with E-state index in [9.17, 15) is 14.7 Å². The van der Waals surface area contributed by atoms with E-state index in [1.165, 1.54) is 0 Å². The van der Waals surface area contributed by atoms with E-state index in [2.05, 4.69) is 0 Å². The zero-order valence-electron chi connectivity index (χ0n) is 15.3. The second kappa shape index (κ2) is 6.91. The highest BCUT2D eigenvalue weighted by atomic mass is 16.4. The zero-order valence-corrected chi connectivity index (χ0v) is 15.3. The number of aromatic nitrogens is 1. The van der Waals surface area contributed by atoms with Crippen molar-refractivity contribution in [2.75, 3.05) is 13.1 Å². The van der Waals surface area contributed by atoms with Crippen molar-refractivity contribution in [2.45, 2.75) is 18.8 Å². The Morgan fingerprint density at radius 1 is 1.11 bits per heavy atom. The van der Waals surface area contributed by atoms with Crippen LogP contribution in [0, 0.1) is 0 Å². The fraction of sp³-hybridized carbons (Fsp3) is 0.273. The Balaban J connectivity index is 1.60. The van der Waals surface area contributed by atoms with Crippen LogP contribution in [-0.2, 0) is 7.05 Å². The van der Waals surface area contributed by atoms with Crippen LogP contribution in [0.4, 0.5) is 0 Å². The van der Waals surface area contributed by atoms with Gasteiger partial charge in [0.25, 0.3) is 5.91 Å². The van der Waals surface area contributed by atoms with E-state index >= 15 is 0 Å². The van der Waals surface area contributed by atoms with E-state index in [0.717, 1.165) is 41.4 Å². The molecule has 5 nitrogen and oxygen atoms in total. The summed E-state index contributed by atoms with van der Waals surface area (Å²) >= 11 is 0. The molecular weight excluding hydrogens is 340 g/mol. The highest BCUT2D eigenvalue weighted by Gasteiger charge is 2.27. The van der Waals surface area contributed by atoms with Crippen LogP contribution in [0.5, 0.6) is 0 Å². The molecular formula is C22H22N2O3. The lowest BCUT2D eigenvalue weighted by molar-refractivity contribution is 0.0688. The summed E-state index contributed by atoms with van der Waals surface area (Å²) in [5, 5.41) is 10.2. The minimum absolute atomic E-state index is 0.0471. The molecule has 1 fully saturated rings. The van der Waals surface area contributed by atoms with E-state index in [1.54, 1.807) is 18.2 Å². The molecule has 1 aliphatic heterocycles. The summed E-state index contributed by atoms with van der Waals surface area (Å²) in [5.41, 5.74) is 3.06. The first kappa shape index (κ1) is 17.3. The van der Waals surface area contributed by atoms with Crippen molar-refractivity contribution in [1.29, 1.82) is 0 Å². The normalized spacial score (nSPS) is 17.2. The number of hydrogen-bond donors (Lipinski definition) is 1.